The van der Waals surface area contributed by atoms with Crippen LogP contribution in [0.4, 0.5) is 0 Å². The van der Waals surface area contributed by atoms with Gasteiger partial charge in [0, 0.05) is 12.8 Å². The minimum atomic E-state index is -0.844. The first-order chi connectivity index (χ1) is 37.5. The zero-order valence-electron chi connectivity index (χ0n) is 51.5. The summed E-state index contributed by atoms with van der Waals surface area (Å²) in [5.41, 5.74) is 0. The van der Waals surface area contributed by atoms with E-state index in [0.29, 0.717) is 19.4 Å². The van der Waals surface area contributed by atoms with Crippen LogP contribution in [0.25, 0.3) is 0 Å². The zero-order valence-corrected chi connectivity index (χ0v) is 51.5. The number of allylic oxidation sites excluding steroid dienone is 3. The molecule has 0 spiro atoms. The number of nitrogens with one attached hydrogen (secondary N) is 1. The fourth-order valence-electron chi connectivity index (χ4n) is 10.9. The molecule has 76 heavy (non-hydrogen) atoms. The smallest absolute Gasteiger partial charge is 0.305 e. The van der Waals surface area contributed by atoms with Gasteiger partial charge in [-0.15, -0.1) is 0 Å². The van der Waals surface area contributed by atoms with Crippen LogP contribution in [0.3, 0.4) is 0 Å². The summed E-state index contributed by atoms with van der Waals surface area (Å²) in [5.74, 6) is -0.0550. The maximum atomic E-state index is 12.5. The van der Waals surface area contributed by atoms with E-state index in [2.05, 4.69) is 31.3 Å². The van der Waals surface area contributed by atoms with E-state index < -0.39 is 12.1 Å². The highest BCUT2D eigenvalue weighted by Gasteiger charge is 2.18. The molecule has 0 aliphatic rings. The second-order valence-corrected chi connectivity index (χ2v) is 23.9. The Morgan fingerprint density at radius 1 is 0.355 bits per heavy atom. The number of ether oxygens (including phenoxy) is 1. The number of rotatable bonds is 65. The first-order valence-corrected chi connectivity index (χ1v) is 34.6. The van der Waals surface area contributed by atoms with Crippen molar-refractivity contribution in [1.29, 1.82) is 0 Å². The van der Waals surface area contributed by atoms with Crippen LogP contribution in [-0.2, 0) is 14.3 Å². The third-order valence-electron chi connectivity index (χ3n) is 16.2. The summed E-state index contributed by atoms with van der Waals surface area (Å²) in [5, 5.41) is 23.2. The maximum absolute atomic E-state index is 12.5. The Kier molecular flexibility index (Phi) is 64.4. The number of amides is 1. The van der Waals surface area contributed by atoms with Crippen LogP contribution in [0.2, 0.25) is 0 Å². The van der Waals surface area contributed by atoms with Crippen molar-refractivity contribution in [2.45, 2.75) is 398 Å². The predicted octanol–water partition coefficient (Wildman–Crippen LogP) is 22.1. The van der Waals surface area contributed by atoms with Crippen LogP contribution >= 0.6 is 0 Å². The molecule has 450 valence electrons. The molecule has 0 bridgehead atoms. The fourth-order valence-corrected chi connectivity index (χ4v) is 10.9. The average Bonchev–Trinajstić information content (AvgIpc) is 3.42. The number of hydrogen-bond donors (Lipinski definition) is 3. The average molecular weight is 1070 g/mol. The summed E-state index contributed by atoms with van der Waals surface area (Å²) in [4.78, 5) is 24.6. The van der Waals surface area contributed by atoms with Crippen LogP contribution in [0.1, 0.15) is 386 Å². The molecule has 0 saturated carbocycles. The highest BCUT2D eigenvalue weighted by molar-refractivity contribution is 5.76. The summed E-state index contributed by atoms with van der Waals surface area (Å²) in [6.07, 6.45) is 82.5. The Hall–Kier alpha value is -1.66. The summed E-state index contributed by atoms with van der Waals surface area (Å²) in [6, 6.07) is -0.627. The lowest BCUT2D eigenvalue weighted by Crippen LogP contribution is -2.45. The quantitative estimate of drug-likeness (QED) is 0.0320. The molecule has 1 amide bonds. The lowest BCUT2D eigenvalue weighted by molar-refractivity contribution is -0.143. The fraction of sp³-hybridized carbons (Fsp3) is 0.914. The van der Waals surface area contributed by atoms with E-state index in [1.807, 2.05) is 6.08 Å². The third-order valence-corrected chi connectivity index (χ3v) is 16.2. The van der Waals surface area contributed by atoms with Gasteiger partial charge in [0.25, 0.3) is 0 Å². The van der Waals surface area contributed by atoms with Gasteiger partial charge in [-0.1, -0.05) is 340 Å². The van der Waals surface area contributed by atoms with Gasteiger partial charge in [-0.2, -0.15) is 0 Å². The number of unbranched alkanes of at least 4 members (excludes halogenated alkanes) is 52. The van der Waals surface area contributed by atoms with Crippen LogP contribution in [-0.4, -0.2) is 47.4 Å². The van der Waals surface area contributed by atoms with E-state index in [-0.39, 0.29) is 18.5 Å². The highest BCUT2D eigenvalue weighted by atomic mass is 16.5. The van der Waals surface area contributed by atoms with E-state index in [4.69, 9.17) is 4.74 Å². The highest BCUT2D eigenvalue weighted by Crippen LogP contribution is 2.19. The van der Waals surface area contributed by atoms with Gasteiger partial charge in [0.1, 0.15) is 0 Å². The SMILES string of the molecule is CCCCCC/C=C\CCCCCCCC(=O)OCCCCCCCCCCCCCCCCCCCCCCCCCCCC(=O)NC(CO)C(O)/C=C/CCCCCCCCCCCCCCCCCCCCC. The maximum Gasteiger partial charge on any atom is 0.305 e. The molecule has 0 aromatic heterocycles. The van der Waals surface area contributed by atoms with Crippen molar-refractivity contribution in [2.75, 3.05) is 13.2 Å². The summed E-state index contributed by atoms with van der Waals surface area (Å²) >= 11 is 0. The van der Waals surface area contributed by atoms with Crippen LogP contribution in [0.5, 0.6) is 0 Å². The number of aliphatic hydroxyl groups is 2. The number of aliphatic hydroxyl groups excluding tert-OH is 2. The molecule has 6 nitrogen and oxygen atoms in total. The van der Waals surface area contributed by atoms with Gasteiger partial charge in [-0.3, -0.25) is 9.59 Å². The second kappa shape index (κ2) is 65.9. The molecule has 2 unspecified atom stereocenters. The monoisotopic (exact) mass is 1070 g/mol. The van der Waals surface area contributed by atoms with Crippen molar-refractivity contribution in [3.05, 3.63) is 24.3 Å². The van der Waals surface area contributed by atoms with E-state index >= 15 is 0 Å². The Balaban J connectivity index is 3.39. The third kappa shape index (κ3) is 61.6. The minimum Gasteiger partial charge on any atom is -0.466 e. The first-order valence-electron chi connectivity index (χ1n) is 34.6. The van der Waals surface area contributed by atoms with Gasteiger partial charge in [-0.25, -0.2) is 0 Å². The van der Waals surface area contributed by atoms with Crippen LogP contribution in [0, 0.1) is 0 Å². The largest absolute Gasteiger partial charge is 0.466 e. The normalized spacial score (nSPS) is 12.6. The number of esters is 1. The molecule has 0 aliphatic carbocycles. The Bertz CT molecular complexity index is 1190. The van der Waals surface area contributed by atoms with Crippen LogP contribution in [0.15, 0.2) is 24.3 Å². The zero-order chi connectivity index (χ0) is 55.0. The van der Waals surface area contributed by atoms with Crippen molar-refractivity contribution >= 4 is 11.9 Å². The van der Waals surface area contributed by atoms with Crippen molar-refractivity contribution in [3.8, 4) is 0 Å². The van der Waals surface area contributed by atoms with Crippen LogP contribution < -0.4 is 5.32 Å². The molecule has 0 radical (unpaired) electrons. The van der Waals surface area contributed by atoms with Crippen molar-refractivity contribution in [3.63, 3.8) is 0 Å². The molecular weight excluding hydrogens is 935 g/mol. The molecule has 0 heterocycles. The summed E-state index contributed by atoms with van der Waals surface area (Å²) < 4.78 is 5.48. The molecular formula is C70H135NO5. The molecule has 0 aromatic carbocycles. The predicted molar refractivity (Wildman–Crippen MR) is 333 cm³/mol. The Morgan fingerprint density at radius 2 is 0.618 bits per heavy atom. The number of carbonyl (C=O) groups excluding carboxylic acids is 2. The van der Waals surface area contributed by atoms with Gasteiger partial charge < -0.3 is 20.3 Å². The molecule has 2 atom stereocenters. The molecule has 6 heteroatoms. The Morgan fingerprint density at radius 3 is 0.947 bits per heavy atom. The van der Waals surface area contributed by atoms with Crippen molar-refractivity contribution in [2.24, 2.45) is 0 Å². The lowest BCUT2D eigenvalue weighted by Gasteiger charge is -2.20. The summed E-state index contributed by atoms with van der Waals surface area (Å²) in [7, 11) is 0. The van der Waals surface area contributed by atoms with E-state index in [0.717, 1.165) is 44.9 Å². The first kappa shape index (κ1) is 74.3. The van der Waals surface area contributed by atoms with Crippen molar-refractivity contribution in [1.82, 2.24) is 5.32 Å². The molecule has 0 fully saturated rings. The van der Waals surface area contributed by atoms with E-state index in [1.54, 1.807) is 6.08 Å². The minimum absolute atomic E-state index is 0.00733. The molecule has 0 rings (SSSR count). The standard InChI is InChI=1S/C70H135NO5/c1-3-5-7-9-11-13-15-17-18-19-20-26-29-32-35-39-42-46-50-54-58-62-68(73)67(66-72)71-69(74)63-59-55-51-47-43-40-36-33-30-27-24-22-21-23-25-28-31-34-37-41-45-49-53-57-61-65-76-70(75)64-60-56-52-48-44-38-16-14-12-10-8-6-4-2/h14,16,58,62,67-68,72-73H,3-13,15,17-57,59-61,63-66H2,1-2H3,(H,71,74)/b16-14-,62-58+. The Labute approximate surface area is 475 Å². The number of carbonyl (C=O) groups is 2. The molecule has 0 aliphatic heterocycles. The lowest BCUT2D eigenvalue weighted by atomic mass is 10.0. The van der Waals surface area contributed by atoms with Gasteiger partial charge in [-0.05, 0) is 57.8 Å². The van der Waals surface area contributed by atoms with Gasteiger partial charge in [0.2, 0.25) is 5.91 Å². The molecule has 3 N–H and O–H groups in total. The van der Waals surface area contributed by atoms with Gasteiger partial charge in [0.05, 0.1) is 25.4 Å². The van der Waals surface area contributed by atoms with Gasteiger partial charge in [0.15, 0.2) is 0 Å². The summed E-state index contributed by atoms with van der Waals surface area (Å²) in [6.45, 7) is 4.92. The van der Waals surface area contributed by atoms with Gasteiger partial charge >= 0.3 is 5.97 Å². The topological polar surface area (TPSA) is 95.9 Å². The second-order valence-electron chi connectivity index (χ2n) is 23.9. The number of hydrogen-bond acceptors (Lipinski definition) is 5. The molecule has 0 saturated heterocycles. The molecule has 0 aromatic rings. The van der Waals surface area contributed by atoms with E-state index in [9.17, 15) is 19.8 Å². The van der Waals surface area contributed by atoms with E-state index in [1.165, 1.54) is 315 Å². The van der Waals surface area contributed by atoms with Crippen molar-refractivity contribution < 1.29 is 24.5 Å².